The van der Waals surface area contributed by atoms with Crippen molar-refractivity contribution in [1.82, 2.24) is 9.30 Å². The molecule has 0 saturated heterocycles. The van der Waals surface area contributed by atoms with E-state index in [4.69, 9.17) is 4.42 Å². The lowest BCUT2D eigenvalue weighted by Gasteiger charge is -2.28. The average Bonchev–Trinajstić information content (AvgIpc) is 3.35. The summed E-state index contributed by atoms with van der Waals surface area (Å²) in [5.74, 6) is 1.77. The van der Waals surface area contributed by atoms with Crippen LogP contribution in [0.4, 0.5) is 17.1 Å². The molecule has 13 heteroatoms. The molecule has 1 atom stereocenters. The van der Waals surface area contributed by atoms with Crippen LogP contribution in [-0.4, -0.2) is 39.7 Å². The molecule has 362 valence electrons. The van der Waals surface area contributed by atoms with E-state index in [9.17, 15) is 21.4 Å². The van der Waals surface area contributed by atoms with Crippen LogP contribution in [0.5, 0.6) is 0 Å². The number of nitrogens with one attached hydrogen (secondary N) is 1. The van der Waals surface area contributed by atoms with Crippen molar-refractivity contribution in [3.05, 3.63) is 179 Å². The number of anilines is 2. The second-order valence-electron chi connectivity index (χ2n) is 17.7. The summed E-state index contributed by atoms with van der Waals surface area (Å²) in [6.07, 6.45) is 3.90. The van der Waals surface area contributed by atoms with E-state index in [2.05, 4.69) is 84.4 Å². The fourth-order valence-corrected chi connectivity index (χ4v) is 13.0. The number of rotatable bonds is 19. The number of hydrogen-bond acceptors (Lipinski definition) is 9. The zero-order chi connectivity index (χ0) is 49.6. The van der Waals surface area contributed by atoms with Crippen LogP contribution in [0.3, 0.4) is 0 Å². The summed E-state index contributed by atoms with van der Waals surface area (Å²) in [7, 11) is -8.70. The van der Waals surface area contributed by atoms with Gasteiger partial charge in [-0.3, -0.25) is 0 Å². The fraction of sp³-hybridized carbons (Fsp3) is 0.246. The van der Waals surface area contributed by atoms with E-state index in [0.717, 1.165) is 74.4 Å². The molecule has 9 nitrogen and oxygen atoms in total. The van der Waals surface area contributed by atoms with Crippen LogP contribution < -0.4 is 19.6 Å². The third-order valence-electron chi connectivity index (χ3n) is 12.8. The van der Waals surface area contributed by atoms with Crippen molar-refractivity contribution in [2.45, 2.75) is 86.8 Å². The first-order chi connectivity index (χ1) is 33.7. The largest absolute Gasteiger partial charge is 0.744 e. The summed E-state index contributed by atoms with van der Waals surface area (Å²) in [6, 6.07) is 48.8. The molecular weight excluding hydrogens is 951 g/mol. The van der Waals surface area contributed by atoms with Gasteiger partial charge in [0.25, 0.3) is 0 Å². The molecule has 1 aliphatic heterocycles. The van der Waals surface area contributed by atoms with Crippen molar-refractivity contribution in [2.75, 3.05) is 23.2 Å². The number of benzene rings is 7. The highest BCUT2D eigenvalue weighted by atomic mass is 32.2. The Kier molecular flexibility index (Phi) is 16.1. The number of fused-ring (bicyclic) bond motifs is 2. The highest BCUT2D eigenvalue weighted by Crippen LogP contribution is 2.44. The molecule has 0 amide bonds. The van der Waals surface area contributed by atoms with Gasteiger partial charge in [0.05, 0.1) is 21.7 Å². The Morgan fingerprint density at radius 3 is 1.97 bits per heavy atom. The van der Waals surface area contributed by atoms with Crippen molar-refractivity contribution < 1.29 is 25.8 Å². The van der Waals surface area contributed by atoms with Gasteiger partial charge in [-0.15, -0.1) is 11.8 Å². The van der Waals surface area contributed by atoms with Gasteiger partial charge in [0.2, 0.25) is 21.1 Å². The van der Waals surface area contributed by atoms with Gasteiger partial charge in [-0.05, 0) is 112 Å². The lowest BCUT2D eigenvalue weighted by Crippen LogP contribution is -2.29. The average molecular weight is 1010 g/mol. The Hall–Kier alpha value is -5.67. The van der Waals surface area contributed by atoms with Crippen LogP contribution in [-0.2, 0) is 20.1 Å². The van der Waals surface area contributed by atoms with Gasteiger partial charge in [-0.25, -0.2) is 21.6 Å². The summed E-state index contributed by atoms with van der Waals surface area (Å²) in [6.45, 7) is 12.5. The van der Waals surface area contributed by atoms with E-state index in [1.807, 2.05) is 98.8 Å². The molecule has 1 aliphatic carbocycles. The maximum absolute atomic E-state index is 14.6. The maximum atomic E-state index is 14.6. The van der Waals surface area contributed by atoms with Crippen molar-refractivity contribution in [3.8, 4) is 22.5 Å². The lowest BCUT2D eigenvalue weighted by molar-refractivity contribution is 0.444. The molecule has 70 heavy (non-hydrogen) atoms. The topological polar surface area (TPSA) is 123 Å². The molecule has 0 bridgehead atoms. The molecule has 1 heterocycles. The monoisotopic (exact) mass is 1010 g/mol. The van der Waals surface area contributed by atoms with E-state index in [0.29, 0.717) is 57.5 Å². The zero-order valence-corrected chi connectivity index (χ0v) is 43.7. The first-order valence-electron chi connectivity index (χ1n) is 23.6. The predicted octanol–water partition coefficient (Wildman–Crippen LogP) is 13.6. The number of para-hydroxylation sites is 1. The molecule has 0 aromatic heterocycles. The normalized spacial score (nSPS) is 12.9. The molecule has 1 unspecified atom stereocenters. The summed E-state index contributed by atoms with van der Waals surface area (Å²) < 4.78 is 78.1. The molecule has 6 aromatic carbocycles. The third kappa shape index (κ3) is 11.4. The van der Waals surface area contributed by atoms with Gasteiger partial charge >= 0.3 is 0 Å². The molecule has 6 aromatic rings. The fourth-order valence-electron chi connectivity index (χ4n) is 9.22. The van der Waals surface area contributed by atoms with Crippen molar-refractivity contribution in [2.24, 2.45) is 5.92 Å². The van der Waals surface area contributed by atoms with Crippen molar-refractivity contribution >= 4 is 71.7 Å². The van der Waals surface area contributed by atoms with Gasteiger partial charge in [-0.2, -0.15) is 4.58 Å². The Morgan fingerprint density at radius 1 is 0.686 bits per heavy atom. The van der Waals surface area contributed by atoms with Gasteiger partial charge in [0.1, 0.15) is 21.5 Å². The number of sulfonamides is 1. The third-order valence-corrected chi connectivity index (χ3v) is 17.1. The van der Waals surface area contributed by atoms with Crippen LogP contribution >= 0.6 is 23.5 Å². The van der Waals surface area contributed by atoms with Gasteiger partial charge in [0, 0.05) is 73.0 Å². The molecule has 0 spiro atoms. The van der Waals surface area contributed by atoms with Crippen LogP contribution in [0, 0.1) is 33.6 Å². The molecule has 0 radical (unpaired) electrons. The van der Waals surface area contributed by atoms with Crippen LogP contribution in [0.2, 0.25) is 0 Å². The Bertz CT molecular complexity index is 3370. The van der Waals surface area contributed by atoms with E-state index >= 15 is 0 Å². The highest BCUT2D eigenvalue weighted by Gasteiger charge is 2.28. The highest BCUT2D eigenvalue weighted by molar-refractivity contribution is 7.99. The number of hydrogen-bond donors (Lipinski definition) is 1. The lowest BCUT2D eigenvalue weighted by atomic mass is 9.93. The Balaban J connectivity index is 1.39. The standard InChI is InChI=1S/C57H59N3O6S4/c1-7-9-21-43(8-2)36-58-69(61,62)54-27-17-16-26-51(54)55-49-30-28-44(59(37-67-46-22-12-10-13-23-46)56-39(3)19-18-20-40(56)4)34-52(49)66-53-35-45(29-31-50(53)55)60(38-68-47-24-14-11-15-25-47)57-41(5)32-48(33-42(57)6)70(63,64)65/h10-20,22-35,43,58H,7-9,21,36-38H2,1-6H3. The van der Waals surface area contributed by atoms with Crippen LogP contribution in [0.1, 0.15) is 61.8 Å². The van der Waals surface area contributed by atoms with Crippen molar-refractivity contribution in [3.63, 3.8) is 0 Å². The SMILES string of the molecule is CCCCC(CC)CNS(=O)(=O)c1ccccc1-c1c2cc/c(=[N+](/CSc3ccccc3)c3c(C)cc(S(=O)(=O)[O-])cc3C)cc-2oc2cc(N(CSc3ccccc3)c3c(C)cccc3C)ccc12. The Labute approximate surface area is 421 Å². The minimum Gasteiger partial charge on any atom is -0.744 e. The number of thioether (sulfide) groups is 2. The predicted molar refractivity (Wildman–Crippen MR) is 288 cm³/mol. The summed E-state index contributed by atoms with van der Waals surface area (Å²) in [5, 5.41) is 1.50. The summed E-state index contributed by atoms with van der Waals surface area (Å²) >= 11 is 3.35. The second-order valence-corrected chi connectivity index (χ2v) is 22.9. The quantitative estimate of drug-likeness (QED) is 0.0277. The maximum Gasteiger partial charge on any atom is 0.241 e. The van der Waals surface area contributed by atoms with E-state index in [1.165, 1.54) is 12.1 Å². The molecule has 8 rings (SSSR count). The molecular formula is C57H59N3O6S4. The summed E-state index contributed by atoms with van der Waals surface area (Å²) in [4.78, 5) is 4.38. The number of nitrogens with zero attached hydrogens (tertiary/aromatic N) is 2. The second kappa shape index (κ2) is 22.2. The minimum atomic E-state index is -4.71. The van der Waals surface area contributed by atoms with E-state index in [-0.39, 0.29) is 15.7 Å². The first-order valence-corrected chi connectivity index (χ1v) is 28.5. The molecule has 1 N–H and O–H groups in total. The van der Waals surface area contributed by atoms with Crippen LogP contribution in [0.25, 0.3) is 33.4 Å². The molecule has 0 saturated carbocycles. The van der Waals surface area contributed by atoms with Crippen molar-refractivity contribution in [1.29, 1.82) is 0 Å². The van der Waals surface area contributed by atoms with E-state index < -0.39 is 20.1 Å². The molecule has 2 aliphatic rings. The van der Waals surface area contributed by atoms with Crippen LogP contribution in [0.15, 0.2) is 176 Å². The zero-order valence-electron chi connectivity index (χ0n) is 40.4. The summed E-state index contributed by atoms with van der Waals surface area (Å²) in [5.41, 5.74) is 8.78. The first kappa shape index (κ1) is 50.7. The van der Waals surface area contributed by atoms with Gasteiger partial charge in [0.15, 0.2) is 5.88 Å². The number of unbranched alkanes of at least 4 members (excludes halogenated alkanes) is 1. The minimum absolute atomic E-state index is 0.180. The van der Waals surface area contributed by atoms with Gasteiger partial charge in [-0.1, -0.05) is 118 Å². The smallest absolute Gasteiger partial charge is 0.241 e. The van der Waals surface area contributed by atoms with Gasteiger partial charge < -0.3 is 13.9 Å². The van der Waals surface area contributed by atoms with E-state index in [1.54, 1.807) is 35.7 Å². The molecule has 0 fully saturated rings. The Morgan fingerprint density at radius 2 is 1.33 bits per heavy atom. The number of aryl methyl sites for hydroxylation is 4.